The van der Waals surface area contributed by atoms with Gasteiger partial charge in [0.1, 0.15) is 12.4 Å². The number of nitrogen functional groups attached to an aromatic ring is 1. The van der Waals surface area contributed by atoms with Gasteiger partial charge < -0.3 is 10.5 Å². The van der Waals surface area contributed by atoms with Crippen molar-refractivity contribution in [1.29, 1.82) is 0 Å². The van der Waals surface area contributed by atoms with Crippen LogP contribution in [0.15, 0.2) is 24.5 Å². The summed E-state index contributed by atoms with van der Waals surface area (Å²) in [5, 5.41) is 4.11. The zero-order chi connectivity index (χ0) is 13.1. The van der Waals surface area contributed by atoms with Crippen LogP contribution in [0.3, 0.4) is 0 Å². The molecule has 0 unspecified atom stereocenters. The molecule has 18 heavy (non-hydrogen) atoms. The molecule has 0 atom stereocenters. The number of nitrogens with zero attached hydrogens (tertiary/aromatic N) is 2. The summed E-state index contributed by atoms with van der Waals surface area (Å²) in [6, 6.07) is 4.20. The largest absolute Gasteiger partial charge is 0.489 e. The highest BCUT2D eigenvalue weighted by molar-refractivity contribution is 14.1. The maximum Gasteiger partial charge on any atom is 0.146 e. The summed E-state index contributed by atoms with van der Waals surface area (Å²) in [5.74, 6) is 0.941. The Hall–Kier alpha value is 0.220. The lowest BCUT2D eigenvalue weighted by molar-refractivity contribution is 0.287. The van der Waals surface area contributed by atoms with Crippen molar-refractivity contribution in [2.75, 3.05) is 12.3 Å². The first-order chi connectivity index (χ1) is 8.56. The molecule has 0 amide bonds. The molecule has 0 radical (unpaired) electrons. The number of anilines is 1. The van der Waals surface area contributed by atoms with Gasteiger partial charge >= 0.3 is 0 Å². The van der Waals surface area contributed by atoms with E-state index in [1.165, 1.54) is 3.57 Å². The monoisotopic (exact) mass is 581 g/mol. The second kappa shape index (κ2) is 6.59. The molecule has 0 aliphatic carbocycles. The molecule has 0 spiro atoms. The van der Waals surface area contributed by atoms with E-state index in [0.717, 1.165) is 12.9 Å². The van der Waals surface area contributed by atoms with Crippen molar-refractivity contribution in [2.24, 2.45) is 0 Å². The van der Waals surface area contributed by atoms with Crippen LogP contribution in [-0.4, -0.2) is 16.4 Å². The third-order valence-electron chi connectivity index (χ3n) is 2.18. The summed E-state index contributed by atoms with van der Waals surface area (Å²) in [6.07, 6.45) is 3.44. The number of ether oxygens (including phenoxy) is 1. The number of benzene rings is 1. The molecule has 0 saturated carbocycles. The first-order valence-corrected chi connectivity index (χ1v) is 8.35. The fourth-order valence-corrected chi connectivity index (χ4v) is 5.30. The summed E-state index contributed by atoms with van der Waals surface area (Å²) in [7, 11) is 0. The van der Waals surface area contributed by atoms with Gasteiger partial charge in [0.25, 0.3) is 0 Å². The summed E-state index contributed by atoms with van der Waals surface area (Å²) in [5.41, 5.74) is 6.27. The second-order valence-corrected chi connectivity index (χ2v) is 7.15. The molecular weight excluding hydrogens is 571 g/mol. The number of halogens is 3. The van der Waals surface area contributed by atoms with E-state index in [1.807, 2.05) is 0 Å². The molecule has 0 aliphatic rings. The van der Waals surface area contributed by atoms with Crippen molar-refractivity contribution in [3.8, 4) is 5.75 Å². The molecule has 1 aromatic heterocycles. The Labute approximate surface area is 146 Å². The van der Waals surface area contributed by atoms with Gasteiger partial charge in [0.2, 0.25) is 0 Å². The van der Waals surface area contributed by atoms with E-state index in [2.05, 4.69) is 85.0 Å². The summed E-state index contributed by atoms with van der Waals surface area (Å²) in [6.45, 7) is 1.27. The van der Waals surface area contributed by atoms with E-state index in [1.54, 1.807) is 17.1 Å². The van der Waals surface area contributed by atoms with Gasteiger partial charge in [0, 0.05) is 9.77 Å². The van der Waals surface area contributed by atoms with Crippen molar-refractivity contribution in [2.45, 2.75) is 6.54 Å². The third kappa shape index (κ3) is 3.85. The number of hydrogen-bond acceptors (Lipinski definition) is 3. The molecule has 2 rings (SSSR count). The highest BCUT2D eigenvalue weighted by atomic mass is 127. The van der Waals surface area contributed by atoms with E-state index in [4.69, 9.17) is 10.5 Å². The minimum atomic E-state index is 0.577. The zero-order valence-electron chi connectivity index (χ0n) is 9.24. The SMILES string of the molecule is Nc1cnn(CCOc2c(I)cc(I)cc2I)c1. The Balaban J connectivity index is 1.98. The minimum absolute atomic E-state index is 0.577. The number of rotatable bonds is 4. The molecule has 0 saturated heterocycles. The van der Waals surface area contributed by atoms with Gasteiger partial charge in [-0.15, -0.1) is 0 Å². The molecule has 2 aromatic rings. The van der Waals surface area contributed by atoms with Gasteiger partial charge in [-0.2, -0.15) is 5.10 Å². The predicted molar refractivity (Wildman–Crippen MR) is 96.7 cm³/mol. The molecule has 0 bridgehead atoms. The summed E-state index contributed by atoms with van der Waals surface area (Å²) in [4.78, 5) is 0. The highest BCUT2D eigenvalue weighted by Gasteiger charge is 2.08. The molecular formula is C11H10I3N3O. The van der Waals surface area contributed by atoms with Crippen molar-refractivity contribution in [1.82, 2.24) is 9.78 Å². The van der Waals surface area contributed by atoms with Crippen LogP contribution in [0, 0.1) is 10.7 Å². The van der Waals surface area contributed by atoms with Gasteiger partial charge in [-0.3, -0.25) is 4.68 Å². The average molecular weight is 581 g/mol. The smallest absolute Gasteiger partial charge is 0.146 e. The van der Waals surface area contributed by atoms with Crippen LogP contribution in [0.1, 0.15) is 0 Å². The topological polar surface area (TPSA) is 53.1 Å². The van der Waals surface area contributed by atoms with E-state index in [0.29, 0.717) is 18.8 Å². The van der Waals surface area contributed by atoms with Crippen molar-refractivity contribution in [3.05, 3.63) is 35.2 Å². The second-order valence-electron chi connectivity index (χ2n) is 3.58. The first kappa shape index (κ1) is 14.6. The normalized spacial score (nSPS) is 10.6. The molecule has 2 N–H and O–H groups in total. The quantitative estimate of drug-likeness (QED) is 0.565. The van der Waals surface area contributed by atoms with Crippen molar-refractivity contribution >= 4 is 73.5 Å². The van der Waals surface area contributed by atoms with Crippen LogP contribution in [-0.2, 0) is 6.54 Å². The standard InChI is InChI=1S/C11H10I3N3O/c12-7-3-9(13)11(10(14)4-7)18-2-1-17-6-8(15)5-16-17/h3-6H,1-2,15H2. The predicted octanol–water partition coefficient (Wildman–Crippen LogP) is 3.36. The van der Waals surface area contributed by atoms with E-state index in [9.17, 15) is 0 Å². The van der Waals surface area contributed by atoms with Crippen molar-refractivity contribution in [3.63, 3.8) is 0 Å². The van der Waals surface area contributed by atoms with Gasteiger partial charge in [0.05, 0.1) is 25.6 Å². The Morgan fingerprint density at radius 3 is 2.44 bits per heavy atom. The van der Waals surface area contributed by atoms with E-state index < -0.39 is 0 Å². The molecule has 96 valence electrons. The Morgan fingerprint density at radius 1 is 1.22 bits per heavy atom. The maximum atomic E-state index is 5.82. The molecule has 7 heteroatoms. The number of hydrogen-bond donors (Lipinski definition) is 1. The molecule has 1 aromatic carbocycles. The van der Waals surface area contributed by atoms with Crippen LogP contribution in [0.25, 0.3) is 0 Å². The fraction of sp³-hybridized carbons (Fsp3) is 0.182. The molecule has 0 aliphatic heterocycles. The number of aromatic nitrogens is 2. The average Bonchev–Trinajstić information content (AvgIpc) is 2.68. The Morgan fingerprint density at radius 2 is 1.89 bits per heavy atom. The lowest BCUT2D eigenvalue weighted by atomic mass is 10.3. The van der Waals surface area contributed by atoms with Crippen molar-refractivity contribution < 1.29 is 4.74 Å². The molecule has 0 fully saturated rings. The molecule has 4 nitrogen and oxygen atoms in total. The van der Waals surface area contributed by atoms with Gasteiger partial charge in [-0.25, -0.2) is 0 Å². The van der Waals surface area contributed by atoms with Gasteiger partial charge in [0.15, 0.2) is 0 Å². The van der Waals surface area contributed by atoms with Gasteiger partial charge in [-0.1, -0.05) is 0 Å². The van der Waals surface area contributed by atoms with Gasteiger partial charge in [-0.05, 0) is 79.9 Å². The number of nitrogens with two attached hydrogens (primary N) is 1. The lowest BCUT2D eigenvalue weighted by Crippen LogP contribution is -2.10. The lowest BCUT2D eigenvalue weighted by Gasteiger charge is -2.11. The highest BCUT2D eigenvalue weighted by Crippen LogP contribution is 2.29. The Kier molecular flexibility index (Phi) is 5.35. The van der Waals surface area contributed by atoms with Crippen LogP contribution in [0.2, 0.25) is 0 Å². The third-order valence-corrected chi connectivity index (χ3v) is 4.41. The summed E-state index contributed by atoms with van der Waals surface area (Å²) >= 11 is 6.89. The molecule has 1 heterocycles. The van der Waals surface area contributed by atoms with Crippen LogP contribution >= 0.6 is 67.8 Å². The van der Waals surface area contributed by atoms with E-state index in [-0.39, 0.29) is 0 Å². The Bertz CT molecular complexity index is 533. The van der Waals surface area contributed by atoms with E-state index >= 15 is 0 Å². The first-order valence-electron chi connectivity index (χ1n) is 5.11. The maximum absolute atomic E-state index is 5.82. The van der Waals surface area contributed by atoms with Crippen LogP contribution in [0.4, 0.5) is 5.69 Å². The van der Waals surface area contributed by atoms with Crippen LogP contribution in [0.5, 0.6) is 5.75 Å². The fourth-order valence-electron chi connectivity index (χ4n) is 1.41. The van der Waals surface area contributed by atoms with Crippen LogP contribution < -0.4 is 10.5 Å². The minimum Gasteiger partial charge on any atom is -0.489 e. The summed E-state index contributed by atoms with van der Waals surface area (Å²) < 4.78 is 11.1. The zero-order valence-corrected chi connectivity index (χ0v) is 15.7.